The first-order valence-corrected chi connectivity index (χ1v) is 9.43. The van der Waals surface area contributed by atoms with Crippen LogP contribution >= 0.6 is 0 Å². The maximum Gasteiger partial charge on any atom is 0.255 e. The number of para-hydroxylation sites is 1. The topological polar surface area (TPSA) is 48.5 Å². The number of hydrogen-bond acceptors (Lipinski definition) is 4. The normalized spacial score (nSPS) is 10.7. The predicted molar refractivity (Wildman–Crippen MR) is 115 cm³/mol. The van der Waals surface area contributed by atoms with Crippen molar-refractivity contribution in [3.63, 3.8) is 0 Å². The van der Waals surface area contributed by atoms with Gasteiger partial charge in [0.25, 0.3) is 5.91 Å². The molecule has 0 saturated heterocycles. The van der Waals surface area contributed by atoms with Crippen molar-refractivity contribution in [2.24, 2.45) is 0 Å². The van der Waals surface area contributed by atoms with Gasteiger partial charge in [-0.05, 0) is 57.4 Å². The van der Waals surface area contributed by atoms with Gasteiger partial charge in [-0.3, -0.25) is 9.78 Å². The molecule has 0 atom stereocenters. The summed E-state index contributed by atoms with van der Waals surface area (Å²) in [5.41, 5.74) is 3.34. The van der Waals surface area contributed by atoms with Crippen molar-refractivity contribution >= 4 is 23.0 Å². The van der Waals surface area contributed by atoms with E-state index in [1.807, 2.05) is 60.8 Å². The third kappa shape index (κ3) is 5.18. The lowest BCUT2D eigenvalue weighted by molar-refractivity contribution is 0.102. The van der Waals surface area contributed by atoms with E-state index in [4.69, 9.17) is 0 Å². The van der Waals surface area contributed by atoms with Gasteiger partial charge in [-0.1, -0.05) is 36.4 Å². The first-order chi connectivity index (χ1) is 13.6. The van der Waals surface area contributed by atoms with Crippen molar-refractivity contribution < 1.29 is 4.79 Å². The molecule has 0 radical (unpaired) electrons. The Morgan fingerprint density at radius 1 is 0.929 bits per heavy atom. The molecule has 1 aromatic heterocycles. The summed E-state index contributed by atoms with van der Waals surface area (Å²) in [5.74, 6) is -0.130. The van der Waals surface area contributed by atoms with Gasteiger partial charge in [0.2, 0.25) is 0 Å². The molecule has 3 aromatic rings. The molecule has 144 valence electrons. The number of carbonyl (C=O) groups is 1. The number of nitrogens with one attached hydrogen (secondary N) is 1. The highest BCUT2D eigenvalue weighted by atomic mass is 16.1. The van der Waals surface area contributed by atoms with Crippen molar-refractivity contribution in [1.82, 2.24) is 9.88 Å². The average Bonchev–Trinajstić information content (AvgIpc) is 2.73. The summed E-state index contributed by atoms with van der Waals surface area (Å²) in [6, 6.07) is 21.3. The smallest absolute Gasteiger partial charge is 0.255 e. The summed E-state index contributed by atoms with van der Waals surface area (Å²) in [6.45, 7) is 1.80. The van der Waals surface area contributed by atoms with Gasteiger partial charge in [0, 0.05) is 24.0 Å². The van der Waals surface area contributed by atoms with Crippen LogP contribution < -0.4 is 10.2 Å². The zero-order valence-corrected chi connectivity index (χ0v) is 16.4. The van der Waals surface area contributed by atoms with E-state index in [1.165, 1.54) is 0 Å². The van der Waals surface area contributed by atoms with Crippen LogP contribution in [-0.2, 0) is 0 Å². The number of nitrogens with zero attached hydrogens (tertiary/aromatic N) is 3. The first kappa shape index (κ1) is 19.6. The molecule has 0 aliphatic heterocycles. The summed E-state index contributed by atoms with van der Waals surface area (Å²) in [4.78, 5) is 21.4. The molecule has 0 saturated carbocycles. The van der Waals surface area contributed by atoms with Crippen LogP contribution in [0.1, 0.15) is 16.8 Å². The van der Waals surface area contributed by atoms with E-state index in [2.05, 4.69) is 46.3 Å². The number of hydrogen-bond donors (Lipinski definition) is 1. The highest BCUT2D eigenvalue weighted by molar-refractivity contribution is 6.06. The number of benzene rings is 2. The Morgan fingerprint density at radius 3 is 2.29 bits per heavy atom. The van der Waals surface area contributed by atoms with Crippen LogP contribution in [0.2, 0.25) is 0 Å². The number of anilines is 3. The molecular weight excluding hydrogens is 348 g/mol. The molecular formula is C23H26N4O. The largest absolute Gasteiger partial charge is 0.338 e. The fourth-order valence-electron chi connectivity index (χ4n) is 3.03. The van der Waals surface area contributed by atoms with E-state index in [9.17, 15) is 4.79 Å². The Bertz CT molecular complexity index is 881. The van der Waals surface area contributed by atoms with Crippen molar-refractivity contribution in [2.45, 2.75) is 6.42 Å². The monoisotopic (exact) mass is 374 g/mol. The molecule has 3 rings (SSSR count). The van der Waals surface area contributed by atoms with E-state index < -0.39 is 0 Å². The Kier molecular flexibility index (Phi) is 6.76. The maximum absolute atomic E-state index is 12.7. The number of aromatic nitrogens is 1. The second-order valence-electron chi connectivity index (χ2n) is 6.86. The standard InChI is InChI=1S/C23H26N4O/c1-26(2)16-9-17-27(20-12-7-4-8-13-20)22-18-24-15-14-21(22)25-23(28)19-10-5-3-6-11-19/h3-8,10-15,18H,9,16-17H2,1-2H3,(H,24,25,28). The van der Waals surface area contributed by atoms with Gasteiger partial charge in [-0.15, -0.1) is 0 Å². The van der Waals surface area contributed by atoms with Gasteiger partial charge >= 0.3 is 0 Å². The molecule has 0 bridgehead atoms. The van der Waals surface area contributed by atoms with Gasteiger partial charge in [0.05, 0.1) is 17.6 Å². The third-order valence-electron chi connectivity index (χ3n) is 4.43. The highest BCUT2D eigenvalue weighted by Gasteiger charge is 2.16. The Balaban J connectivity index is 1.88. The summed E-state index contributed by atoms with van der Waals surface area (Å²) in [5, 5.41) is 3.05. The predicted octanol–water partition coefficient (Wildman–Crippen LogP) is 4.42. The van der Waals surface area contributed by atoms with E-state index in [0.29, 0.717) is 5.56 Å². The number of carbonyl (C=O) groups excluding carboxylic acids is 1. The van der Waals surface area contributed by atoms with Gasteiger partial charge < -0.3 is 15.1 Å². The molecule has 0 aliphatic rings. The number of rotatable bonds is 8. The molecule has 1 amide bonds. The molecule has 0 fully saturated rings. The van der Waals surface area contributed by atoms with E-state index in [0.717, 1.165) is 36.6 Å². The molecule has 1 N–H and O–H groups in total. The van der Waals surface area contributed by atoms with Crippen molar-refractivity contribution in [3.05, 3.63) is 84.7 Å². The molecule has 0 unspecified atom stereocenters. The van der Waals surface area contributed by atoms with Gasteiger partial charge in [0.1, 0.15) is 0 Å². The van der Waals surface area contributed by atoms with Crippen molar-refractivity contribution in [2.75, 3.05) is 37.4 Å². The summed E-state index contributed by atoms with van der Waals surface area (Å²) in [7, 11) is 4.14. The van der Waals surface area contributed by atoms with Crippen LogP contribution in [0.25, 0.3) is 0 Å². The lowest BCUT2D eigenvalue weighted by atomic mass is 10.2. The average molecular weight is 374 g/mol. The molecule has 28 heavy (non-hydrogen) atoms. The molecule has 5 heteroatoms. The maximum atomic E-state index is 12.7. The van der Waals surface area contributed by atoms with E-state index in [-0.39, 0.29) is 5.91 Å². The minimum Gasteiger partial charge on any atom is -0.338 e. The van der Waals surface area contributed by atoms with Crippen molar-refractivity contribution in [3.8, 4) is 0 Å². The summed E-state index contributed by atoms with van der Waals surface area (Å²) < 4.78 is 0. The van der Waals surface area contributed by atoms with Gasteiger partial charge in [0.15, 0.2) is 0 Å². The summed E-state index contributed by atoms with van der Waals surface area (Å²) in [6.07, 6.45) is 4.50. The molecule has 5 nitrogen and oxygen atoms in total. The van der Waals surface area contributed by atoms with Crippen LogP contribution in [0.15, 0.2) is 79.1 Å². The zero-order chi connectivity index (χ0) is 19.8. The van der Waals surface area contributed by atoms with Gasteiger partial charge in [-0.25, -0.2) is 0 Å². The van der Waals surface area contributed by atoms with E-state index >= 15 is 0 Å². The van der Waals surface area contributed by atoms with Crippen molar-refractivity contribution in [1.29, 1.82) is 0 Å². The lowest BCUT2D eigenvalue weighted by Crippen LogP contribution is -2.24. The third-order valence-corrected chi connectivity index (χ3v) is 4.43. The lowest BCUT2D eigenvalue weighted by Gasteiger charge is -2.27. The second kappa shape index (κ2) is 9.67. The quantitative estimate of drug-likeness (QED) is 0.634. The zero-order valence-electron chi connectivity index (χ0n) is 16.4. The van der Waals surface area contributed by atoms with Crippen LogP contribution in [-0.4, -0.2) is 43.0 Å². The Morgan fingerprint density at radius 2 is 1.61 bits per heavy atom. The SMILES string of the molecule is CN(C)CCCN(c1ccccc1)c1cnccc1NC(=O)c1ccccc1. The van der Waals surface area contributed by atoms with Crippen LogP contribution in [0.5, 0.6) is 0 Å². The summed E-state index contributed by atoms with van der Waals surface area (Å²) >= 11 is 0. The van der Waals surface area contributed by atoms with E-state index in [1.54, 1.807) is 6.20 Å². The molecule has 2 aromatic carbocycles. The van der Waals surface area contributed by atoms with Crippen LogP contribution in [0.3, 0.4) is 0 Å². The first-order valence-electron chi connectivity index (χ1n) is 9.43. The Hall–Kier alpha value is -3.18. The molecule has 0 aliphatic carbocycles. The van der Waals surface area contributed by atoms with Gasteiger partial charge in [-0.2, -0.15) is 0 Å². The molecule has 0 spiro atoms. The fourth-order valence-corrected chi connectivity index (χ4v) is 3.03. The highest BCUT2D eigenvalue weighted by Crippen LogP contribution is 2.31. The number of pyridine rings is 1. The molecule has 1 heterocycles. The fraction of sp³-hybridized carbons (Fsp3) is 0.217. The number of amides is 1. The van der Waals surface area contributed by atoms with Crippen LogP contribution in [0.4, 0.5) is 17.1 Å². The Labute approximate surface area is 166 Å². The van der Waals surface area contributed by atoms with Crippen LogP contribution in [0, 0.1) is 0 Å². The minimum absolute atomic E-state index is 0.130. The second-order valence-corrected chi connectivity index (χ2v) is 6.86. The minimum atomic E-state index is -0.130.